The summed E-state index contributed by atoms with van der Waals surface area (Å²) in [6.07, 6.45) is 4.21. The first kappa shape index (κ1) is 13.3. The molecule has 0 amide bonds. The molecule has 0 fully saturated rings. The third kappa shape index (κ3) is 3.19. The topological polar surface area (TPSA) is 55.1 Å². The molecule has 4 nitrogen and oxygen atoms in total. The van der Waals surface area contributed by atoms with Crippen molar-refractivity contribution in [2.45, 2.75) is 26.3 Å². The summed E-state index contributed by atoms with van der Waals surface area (Å²) < 4.78 is 15.6. The average molecular weight is 262 g/mol. The van der Waals surface area contributed by atoms with Gasteiger partial charge in [-0.15, -0.1) is 0 Å². The summed E-state index contributed by atoms with van der Waals surface area (Å²) in [7, 11) is 0. The first-order valence-corrected chi connectivity index (χ1v) is 6.13. The lowest BCUT2D eigenvalue weighted by atomic mass is 10.0. The number of hydrogen-bond donors (Lipinski definition) is 1. The zero-order valence-corrected chi connectivity index (χ0v) is 10.6. The number of carbonyl (C=O) groups is 1. The molecule has 5 heteroatoms. The second-order valence-corrected chi connectivity index (χ2v) is 4.37. The lowest BCUT2D eigenvalue weighted by molar-refractivity contribution is -0.136. The fourth-order valence-corrected chi connectivity index (χ4v) is 1.90. The summed E-state index contributed by atoms with van der Waals surface area (Å²) in [5.41, 5.74) is 1.72. The highest BCUT2D eigenvalue weighted by atomic mass is 19.1. The molecule has 0 aliphatic rings. The van der Waals surface area contributed by atoms with Gasteiger partial charge in [0.15, 0.2) is 0 Å². The van der Waals surface area contributed by atoms with Crippen molar-refractivity contribution in [2.24, 2.45) is 0 Å². The second kappa shape index (κ2) is 5.65. The quantitative estimate of drug-likeness (QED) is 0.901. The van der Waals surface area contributed by atoms with Crippen molar-refractivity contribution in [1.82, 2.24) is 9.78 Å². The summed E-state index contributed by atoms with van der Waals surface area (Å²) >= 11 is 0. The number of carboxylic acid groups (broad SMARTS) is 1. The molecule has 1 aromatic carbocycles. The molecule has 1 heterocycles. The van der Waals surface area contributed by atoms with Gasteiger partial charge < -0.3 is 5.11 Å². The van der Waals surface area contributed by atoms with Gasteiger partial charge in [0.25, 0.3) is 0 Å². The van der Waals surface area contributed by atoms with Crippen molar-refractivity contribution in [3.8, 4) is 11.1 Å². The predicted molar refractivity (Wildman–Crippen MR) is 69.3 cm³/mol. The first-order chi connectivity index (χ1) is 9.10. The van der Waals surface area contributed by atoms with E-state index in [0.717, 1.165) is 18.5 Å². The minimum Gasteiger partial charge on any atom is -0.481 e. The van der Waals surface area contributed by atoms with Gasteiger partial charge in [0, 0.05) is 18.3 Å². The molecule has 0 radical (unpaired) electrons. The van der Waals surface area contributed by atoms with E-state index in [9.17, 15) is 9.18 Å². The largest absolute Gasteiger partial charge is 0.481 e. The number of halogens is 1. The van der Waals surface area contributed by atoms with Crippen LogP contribution in [0.2, 0.25) is 0 Å². The zero-order chi connectivity index (χ0) is 13.8. The SMILES string of the molecule is CCCn1cc(-c2ccc(CC(=O)O)c(F)c2)cn1. The Morgan fingerprint density at radius 2 is 2.21 bits per heavy atom. The van der Waals surface area contributed by atoms with Crippen LogP contribution in [0.4, 0.5) is 4.39 Å². The Labute approximate surface area is 110 Å². The minimum atomic E-state index is -1.04. The fraction of sp³-hybridized carbons (Fsp3) is 0.286. The van der Waals surface area contributed by atoms with Crippen LogP contribution in [0.15, 0.2) is 30.6 Å². The molecule has 0 unspecified atom stereocenters. The van der Waals surface area contributed by atoms with Gasteiger partial charge in [-0.25, -0.2) is 4.39 Å². The molecular weight excluding hydrogens is 247 g/mol. The predicted octanol–water partition coefficient (Wildman–Crippen LogP) is 2.73. The fourth-order valence-electron chi connectivity index (χ4n) is 1.90. The van der Waals surface area contributed by atoms with E-state index in [-0.39, 0.29) is 12.0 Å². The molecule has 1 aromatic heterocycles. The molecule has 0 atom stereocenters. The van der Waals surface area contributed by atoms with E-state index in [1.807, 2.05) is 6.20 Å². The normalized spacial score (nSPS) is 10.6. The molecule has 0 aliphatic heterocycles. The zero-order valence-electron chi connectivity index (χ0n) is 10.6. The number of aliphatic carboxylic acids is 1. The lowest BCUT2D eigenvalue weighted by Crippen LogP contribution is -2.02. The van der Waals surface area contributed by atoms with Gasteiger partial charge in [0.2, 0.25) is 0 Å². The molecule has 0 spiro atoms. The number of rotatable bonds is 5. The van der Waals surface area contributed by atoms with Crippen LogP contribution < -0.4 is 0 Å². The highest BCUT2D eigenvalue weighted by Gasteiger charge is 2.09. The summed E-state index contributed by atoms with van der Waals surface area (Å²) in [6.45, 7) is 2.88. The highest BCUT2D eigenvalue weighted by molar-refractivity contribution is 5.71. The number of nitrogens with zero attached hydrogens (tertiary/aromatic N) is 2. The van der Waals surface area contributed by atoms with Gasteiger partial charge in [0.05, 0.1) is 12.6 Å². The van der Waals surface area contributed by atoms with Crippen LogP contribution in [0.1, 0.15) is 18.9 Å². The van der Waals surface area contributed by atoms with Crippen molar-refractivity contribution >= 4 is 5.97 Å². The summed E-state index contributed by atoms with van der Waals surface area (Å²) in [4.78, 5) is 10.6. The second-order valence-electron chi connectivity index (χ2n) is 4.37. The summed E-state index contributed by atoms with van der Waals surface area (Å²) in [6, 6.07) is 4.58. The molecule has 0 saturated carbocycles. The average Bonchev–Trinajstić information content (AvgIpc) is 2.80. The molecular formula is C14H15FN2O2. The molecule has 0 bridgehead atoms. The van der Waals surface area contributed by atoms with Crippen molar-refractivity contribution in [2.75, 3.05) is 0 Å². The maximum Gasteiger partial charge on any atom is 0.307 e. The van der Waals surface area contributed by atoms with Gasteiger partial charge in [0.1, 0.15) is 5.82 Å². The number of aryl methyl sites for hydroxylation is 1. The maximum atomic E-state index is 13.8. The molecule has 0 saturated heterocycles. The van der Waals surface area contributed by atoms with Gasteiger partial charge in [-0.05, 0) is 23.6 Å². The maximum absolute atomic E-state index is 13.8. The Balaban J connectivity index is 2.25. The van der Waals surface area contributed by atoms with E-state index >= 15 is 0 Å². The van der Waals surface area contributed by atoms with E-state index in [0.29, 0.717) is 5.56 Å². The van der Waals surface area contributed by atoms with Gasteiger partial charge in [-0.1, -0.05) is 19.1 Å². The van der Waals surface area contributed by atoms with Crippen molar-refractivity contribution in [3.63, 3.8) is 0 Å². The molecule has 1 N–H and O–H groups in total. The summed E-state index contributed by atoms with van der Waals surface area (Å²) in [5, 5.41) is 12.8. The van der Waals surface area contributed by atoms with Crippen LogP contribution in [0.25, 0.3) is 11.1 Å². The number of benzene rings is 1. The van der Waals surface area contributed by atoms with E-state index in [2.05, 4.69) is 12.0 Å². The van der Waals surface area contributed by atoms with Crippen LogP contribution in [0.3, 0.4) is 0 Å². The Kier molecular flexibility index (Phi) is 3.94. The molecule has 0 aliphatic carbocycles. The summed E-state index contributed by atoms with van der Waals surface area (Å²) in [5.74, 6) is -1.54. The number of aromatic nitrogens is 2. The van der Waals surface area contributed by atoms with Crippen LogP contribution in [-0.2, 0) is 17.8 Å². The number of carboxylic acids is 1. The number of hydrogen-bond acceptors (Lipinski definition) is 2. The Morgan fingerprint density at radius 3 is 2.84 bits per heavy atom. The lowest BCUT2D eigenvalue weighted by Gasteiger charge is -2.03. The minimum absolute atomic E-state index is 0.192. The molecule has 19 heavy (non-hydrogen) atoms. The van der Waals surface area contributed by atoms with Gasteiger partial charge >= 0.3 is 5.97 Å². The van der Waals surface area contributed by atoms with Gasteiger partial charge in [-0.3, -0.25) is 9.48 Å². The smallest absolute Gasteiger partial charge is 0.307 e. The Bertz CT molecular complexity index is 593. The van der Waals surface area contributed by atoms with Crippen molar-refractivity contribution in [3.05, 3.63) is 42.0 Å². The Hall–Kier alpha value is -2.17. The molecule has 2 aromatic rings. The Morgan fingerprint density at radius 1 is 1.42 bits per heavy atom. The van der Waals surface area contributed by atoms with Crippen LogP contribution >= 0.6 is 0 Å². The monoisotopic (exact) mass is 262 g/mol. The third-order valence-corrected chi connectivity index (χ3v) is 2.81. The van der Waals surface area contributed by atoms with Crippen LogP contribution in [0, 0.1) is 5.82 Å². The molecule has 2 rings (SSSR count). The molecule has 100 valence electrons. The van der Waals surface area contributed by atoms with Crippen molar-refractivity contribution in [1.29, 1.82) is 0 Å². The van der Waals surface area contributed by atoms with E-state index in [4.69, 9.17) is 5.11 Å². The third-order valence-electron chi connectivity index (χ3n) is 2.81. The van der Waals surface area contributed by atoms with Crippen LogP contribution in [0.5, 0.6) is 0 Å². The highest BCUT2D eigenvalue weighted by Crippen LogP contribution is 2.21. The standard InChI is InChI=1S/C14H15FN2O2/c1-2-5-17-9-12(8-16-17)10-3-4-11(7-14(18)19)13(15)6-10/h3-4,6,8-9H,2,5,7H2,1H3,(H,18,19). The first-order valence-electron chi connectivity index (χ1n) is 6.13. The van der Waals surface area contributed by atoms with E-state index in [1.54, 1.807) is 16.9 Å². The van der Waals surface area contributed by atoms with E-state index < -0.39 is 11.8 Å². The van der Waals surface area contributed by atoms with E-state index in [1.165, 1.54) is 12.1 Å². The van der Waals surface area contributed by atoms with Gasteiger partial charge in [-0.2, -0.15) is 5.10 Å². The van der Waals surface area contributed by atoms with Crippen LogP contribution in [-0.4, -0.2) is 20.9 Å². The van der Waals surface area contributed by atoms with Crippen molar-refractivity contribution < 1.29 is 14.3 Å².